The van der Waals surface area contributed by atoms with Crippen molar-refractivity contribution in [3.63, 3.8) is 0 Å². The van der Waals surface area contributed by atoms with Crippen molar-refractivity contribution in [2.24, 2.45) is 0 Å². The Bertz CT molecular complexity index is 1420. The van der Waals surface area contributed by atoms with Crippen molar-refractivity contribution in [1.29, 1.82) is 0 Å². The molecule has 0 heterocycles. The number of nitrogens with one attached hydrogen (secondary N) is 1. The van der Waals surface area contributed by atoms with Gasteiger partial charge in [-0.25, -0.2) is 8.42 Å². The lowest BCUT2D eigenvalue weighted by Crippen LogP contribution is -2.38. The molecular weight excluding hydrogens is 444 g/mol. The van der Waals surface area contributed by atoms with Crippen molar-refractivity contribution in [2.45, 2.75) is 32.2 Å². The largest absolute Gasteiger partial charge is 0.324 e. The van der Waals surface area contributed by atoms with Crippen LogP contribution in [0.15, 0.2) is 89.8 Å². The number of carbonyl (C=O) groups excluding carboxylic acids is 1. The molecular formula is C28H28N2O3S. The molecule has 174 valence electrons. The molecule has 0 saturated heterocycles. The van der Waals surface area contributed by atoms with E-state index in [0.717, 1.165) is 21.9 Å². The Balaban J connectivity index is 1.68. The van der Waals surface area contributed by atoms with Crippen LogP contribution < -0.4 is 5.32 Å². The molecule has 0 unspecified atom stereocenters. The number of amides is 1. The van der Waals surface area contributed by atoms with Crippen LogP contribution in [0.2, 0.25) is 0 Å². The Morgan fingerprint density at radius 2 is 1.44 bits per heavy atom. The topological polar surface area (TPSA) is 66.5 Å². The minimum atomic E-state index is -3.93. The highest BCUT2D eigenvalue weighted by Crippen LogP contribution is 2.27. The van der Waals surface area contributed by atoms with E-state index in [4.69, 9.17) is 0 Å². The number of hydrogen-bond acceptors (Lipinski definition) is 3. The molecule has 0 aliphatic rings. The molecule has 4 aromatic carbocycles. The van der Waals surface area contributed by atoms with E-state index >= 15 is 0 Å². The second kappa shape index (κ2) is 9.79. The summed E-state index contributed by atoms with van der Waals surface area (Å²) in [5.74, 6) is -0.390. The van der Waals surface area contributed by atoms with E-state index in [2.05, 4.69) is 5.32 Å². The molecule has 4 rings (SSSR count). The van der Waals surface area contributed by atoms with Crippen molar-refractivity contribution in [3.05, 3.63) is 107 Å². The second-order valence-corrected chi connectivity index (χ2v) is 10.4. The van der Waals surface area contributed by atoms with Crippen LogP contribution in [0.25, 0.3) is 10.8 Å². The van der Waals surface area contributed by atoms with Gasteiger partial charge < -0.3 is 5.32 Å². The summed E-state index contributed by atoms with van der Waals surface area (Å²) >= 11 is 0. The van der Waals surface area contributed by atoms with Gasteiger partial charge >= 0.3 is 0 Å². The minimum Gasteiger partial charge on any atom is -0.324 e. The number of carbonyl (C=O) groups is 1. The minimum absolute atomic E-state index is 0.0961. The number of rotatable bonds is 7. The summed E-state index contributed by atoms with van der Waals surface area (Å²) < 4.78 is 28.9. The first-order chi connectivity index (χ1) is 16.3. The highest BCUT2D eigenvalue weighted by Gasteiger charge is 2.30. The summed E-state index contributed by atoms with van der Waals surface area (Å²) in [6.45, 7) is 5.33. The van der Waals surface area contributed by atoms with Gasteiger partial charge in [0.15, 0.2) is 0 Å². The Hall–Kier alpha value is -3.48. The summed E-state index contributed by atoms with van der Waals surface area (Å²) in [5, 5.41) is 4.82. The molecule has 0 aliphatic carbocycles. The summed E-state index contributed by atoms with van der Waals surface area (Å²) in [6.07, 6.45) is 0. The van der Waals surface area contributed by atoms with E-state index < -0.39 is 15.9 Å². The van der Waals surface area contributed by atoms with Crippen LogP contribution in [0.3, 0.4) is 0 Å². The van der Waals surface area contributed by atoms with Gasteiger partial charge in [-0.05, 0) is 48.9 Å². The number of aryl methyl sites for hydroxylation is 3. The molecule has 0 atom stereocenters. The third-order valence-corrected chi connectivity index (χ3v) is 7.89. The van der Waals surface area contributed by atoms with Crippen molar-refractivity contribution < 1.29 is 13.2 Å². The summed E-state index contributed by atoms with van der Waals surface area (Å²) in [4.78, 5) is 13.4. The first kappa shape index (κ1) is 23.7. The smallest absolute Gasteiger partial charge is 0.244 e. The SMILES string of the molecule is Cc1cc(C)c(S(=O)(=O)N(CC(=O)Nc2cccc3ccccc23)Cc2ccccc2)c(C)c1. The zero-order chi connectivity index (χ0) is 24.3. The molecule has 0 spiro atoms. The predicted molar refractivity (Wildman–Crippen MR) is 137 cm³/mol. The third-order valence-electron chi connectivity index (χ3n) is 5.79. The Kier molecular flexibility index (Phi) is 6.82. The van der Waals surface area contributed by atoms with E-state index in [0.29, 0.717) is 16.8 Å². The molecule has 6 heteroatoms. The van der Waals surface area contributed by atoms with E-state index in [1.54, 1.807) is 13.8 Å². The highest BCUT2D eigenvalue weighted by molar-refractivity contribution is 7.89. The van der Waals surface area contributed by atoms with Gasteiger partial charge in [0.05, 0.1) is 11.4 Å². The van der Waals surface area contributed by atoms with Crippen LogP contribution in [0.4, 0.5) is 5.69 Å². The van der Waals surface area contributed by atoms with Crippen LogP contribution in [-0.2, 0) is 21.4 Å². The number of sulfonamides is 1. The van der Waals surface area contributed by atoms with Gasteiger partial charge in [0.1, 0.15) is 0 Å². The number of hydrogen-bond donors (Lipinski definition) is 1. The normalized spacial score (nSPS) is 11.6. The molecule has 0 radical (unpaired) electrons. The molecule has 0 aliphatic heterocycles. The summed E-state index contributed by atoms with van der Waals surface area (Å²) in [5.41, 5.74) is 3.81. The van der Waals surface area contributed by atoms with Gasteiger partial charge in [-0.2, -0.15) is 4.31 Å². The predicted octanol–water partition coefficient (Wildman–Crippen LogP) is 5.59. The first-order valence-electron chi connectivity index (χ1n) is 11.2. The molecule has 0 aromatic heterocycles. The Morgan fingerprint density at radius 1 is 0.824 bits per heavy atom. The second-order valence-electron chi connectivity index (χ2n) is 8.56. The van der Waals surface area contributed by atoms with Crippen LogP contribution in [-0.4, -0.2) is 25.2 Å². The quantitative estimate of drug-likeness (QED) is 0.381. The number of anilines is 1. The fourth-order valence-electron chi connectivity index (χ4n) is 4.40. The third kappa shape index (κ3) is 5.03. The van der Waals surface area contributed by atoms with Gasteiger partial charge in [0.2, 0.25) is 15.9 Å². The molecule has 0 saturated carbocycles. The zero-order valence-electron chi connectivity index (χ0n) is 19.6. The molecule has 5 nitrogen and oxygen atoms in total. The molecule has 34 heavy (non-hydrogen) atoms. The van der Waals surface area contributed by atoms with Gasteiger partial charge in [0, 0.05) is 17.6 Å². The van der Waals surface area contributed by atoms with Crippen molar-refractivity contribution in [2.75, 3.05) is 11.9 Å². The standard InChI is InChI=1S/C28H28N2O3S/c1-20-16-21(2)28(22(3)17-20)34(32,33)30(18-23-10-5-4-6-11-23)19-27(31)29-26-15-9-13-24-12-7-8-14-25(24)26/h4-17H,18-19H2,1-3H3,(H,29,31). The summed E-state index contributed by atoms with van der Waals surface area (Å²) in [7, 11) is -3.93. The van der Waals surface area contributed by atoms with Gasteiger partial charge in [-0.3, -0.25) is 4.79 Å². The van der Waals surface area contributed by atoms with Crippen LogP contribution in [0, 0.1) is 20.8 Å². The molecule has 0 fully saturated rings. The maximum Gasteiger partial charge on any atom is 0.244 e. The fraction of sp³-hybridized carbons (Fsp3) is 0.179. The first-order valence-corrected chi connectivity index (χ1v) is 12.6. The Morgan fingerprint density at radius 3 is 2.15 bits per heavy atom. The Labute approximate surface area is 201 Å². The lowest BCUT2D eigenvalue weighted by molar-refractivity contribution is -0.116. The van der Waals surface area contributed by atoms with Crippen LogP contribution >= 0.6 is 0 Å². The number of fused-ring (bicyclic) bond motifs is 1. The molecule has 0 bridgehead atoms. The van der Waals surface area contributed by atoms with Crippen molar-refractivity contribution >= 4 is 32.4 Å². The van der Waals surface area contributed by atoms with Gasteiger partial charge in [-0.15, -0.1) is 0 Å². The highest BCUT2D eigenvalue weighted by atomic mass is 32.2. The van der Waals surface area contributed by atoms with E-state index in [9.17, 15) is 13.2 Å². The number of benzene rings is 4. The maximum atomic E-state index is 13.8. The molecule has 1 amide bonds. The average molecular weight is 473 g/mol. The molecule has 4 aromatic rings. The van der Waals surface area contributed by atoms with E-state index in [1.807, 2.05) is 91.9 Å². The summed E-state index contributed by atoms with van der Waals surface area (Å²) in [6, 6.07) is 26.5. The van der Waals surface area contributed by atoms with Crippen LogP contribution in [0.1, 0.15) is 22.3 Å². The van der Waals surface area contributed by atoms with Gasteiger partial charge in [0.25, 0.3) is 0 Å². The fourth-order valence-corrected chi connectivity index (χ4v) is 6.20. The van der Waals surface area contributed by atoms with Crippen LogP contribution in [0.5, 0.6) is 0 Å². The molecule has 1 N–H and O–H groups in total. The zero-order valence-corrected chi connectivity index (χ0v) is 20.4. The maximum absolute atomic E-state index is 13.8. The van der Waals surface area contributed by atoms with Crippen molar-refractivity contribution in [3.8, 4) is 0 Å². The lowest BCUT2D eigenvalue weighted by atomic mass is 10.1. The van der Waals surface area contributed by atoms with Gasteiger partial charge in [-0.1, -0.05) is 84.4 Å². The van der Waals surface area contributed by atoms with E-state index in [-0.39, 0.29) is 18.0 Å². The van der Waals surface area contributed by atoms with Crippen molar-refractivity contribution in [1.82, 2.24) is 4.31 Å². The lowest BCUT2D eigenvalue weighted by Gasteiger charge is -2.24. The average Bonchev–Trinajstić information content (AvgIpc) is 2.79. The van der Waals surface area contributed by atoms with E-state index in [1.165, 1.54) is 4.31 Å². The monoisotopic (exact) mass is 472 g/mol. The number of nitrogens with zero attached hydrogens (tertiary/aromatic N) is 1.